The van der Waals surface area contributed by atoms with Crippen LogP contribution in [-0.2, 0) is 6.54 Å². The highest BCUT2D eigenvalue weighted by Gasteiger charge is 2.35. The fourth-order valence-electron chi connectivity index (χ4n) is 3.10. The summed E-state index contributed by atoms with van der Waals surface area (Å²) in [5, 5.41) is 9.73. The molecule has 0 spiro atoms. The van der Waals surface area contributed by atoms with Crippen LogP contribution in [0.25, 0.3) is 11.5 Å². The molecule has 1 atom stereocenters. The van der Waals surface area contributed by atoms with E-state index in [0.29, 0.717) is 19.0 Å². The molecule has 1 N–H and O–H groups in total. The average molecular weight is 336 g/mol. The molecule has 0 saturated heterocycles. The maximum Gasteiger partial charge on any atom is 0.226 e. The molecular formula is C20H20N2O3. The minimum absolute atomic E-state index is 0.0521. The highest BCUT2D eigenvalue weighted by Crippen LogP contribution is 2.37. The first-order chi connectivity index (χ1) is 12.2. The summed E-state index contributed by atoms with van der Waals surface area (Å²) in [4.78, 5) is 6.55. The standard InChI is InChI=1S/C20H20N2O3/c1-20(14-23)13-22(17-9-5-6-10-18(17)25-20)12-16-11-21-19(24-16)15-7-3-2-4-8-15/h2-11,23H,12-14H2,1H3. The molecule has 1 aromatic heterocycles. The maximum atomic E-state index is 9.73. The Kier molecular flexibility index (Phi) is 3.93. The van der Waals surface area contributed by atoms with E-state index in [2.05, 4.69) is 9.88 Å². The van der Waals surface area contributed by atoms with Crippen molar-refractivity contribution in [3.63, 3.8) is 0 Å². The number of rotatable bonds is 4. The highest BCUT2D eigenvalue weighted by atomic mass is 16.5. The predicted molar refractivity (Wildman–Crippen MR) is 95.5 cm³/mol. The van der Waals surface area contributed by atoms with Gasteiger partial charge in [-0.15, -0.1) is 0 Å². The summed E-state index contributed by atoms with van der Waals surface area (Å²) < 4.78 is 11.9. The Balaban J connectivity index is 1.61. The molecule has 128 valence electrons. The van der Waals surface area contributed by atoms with Gasteiger partial charge in [-0.3, -0.25) is 0 Å². The number of para-hydroxylation sites is 2. The van der Waals surface area contributed by atoms with E-state index in [1.807, 2.05) is 61.5 Å². The first-order valence-electron chi connectivity index (χ1n) is 8.31. The van der Waals surface area contributed by atoms with Crippen molar-refractivity contribution in [2.45, 2.75) is 19.1 Å². The molecule has 25 heavy (non-hydrogen) atoms. The number of hydrogen-bond donors (Lipinski definition) is 1. The second kappa shape index (κ2) is 6.26. The summed E-state index contributed by atoms with van der Waals surface area (Å²) in [6.07, 6.45) is 1.76. The number of oxazole rings is 1. The van der Waals surface area contributed by atoms with Crippen LogP contribution in [0.5, 0.6) is 5.75 Å². The number of nitrogens with zero attached hydrogens (tertiary/aromatic N) is 2. The van der Waals surface area contributed by atoms with Crippen LogP contribution in [0.2, 0.25) is 0 Å². The van der Waals surface area contributed by atoms with Crippen LogP contribution in [0.15, 0.2) is 65.2 Å². The van der Waals surface area contributed by atoms with E-state index in [-0.39, 0.29) is 6.61 Å². The number of fused-ring (bicyclic) bond motifs is 1. The quantitative estimate of drug-likeness (QED) is 0.790. The van der Waals surface area contributed by atoms with Gasteiger partial charge < -0.3 is 19.2 Å². The lowest BCUT2D eigenvalue weighted by Crippen LogP contribution is -2.51. The molecule has 1 aliphatic heterocycles. The Labute approximate surface area is 146 Å². The lowest BCUT2D eigenvalue weighted by atomic mass is 10.0. The van der Waals surface area contributed by atoms with Gasteiger partial charge in [-0.2, -0.15) is 0 Å². The summed E-state index contributed by atoms with van der Waals surface area (Å²) in [5.74, 6) is 2.16. The fraction of sp³-hybridized carbons (Fsp3) is 0.250. The van der Waals surface area contributed by atoms with Gasteiger partial charge in [-0.25, -0.2) is 4.98 Å². The minimum atomic E-state index is -0.642. The van der Waals surface area contributed by atoms with Gasteiger partial charge in [-0.05, 0) is 31.2 Å². The Morgan fingerprint density at radius 3 is 2.68 bits per heavy atom. The van der Waals surface area contributed by atoms with Crippen LogP contribution in [0.3, 0.4) is 0 Å². The molecule has 0 aliphatic carbocycles. The summed E-state index contributed by atoms with van der Waals surface area (Å²) in [6.45, 7) is 2.99. The third kappa shape index (κ3) is 3.10. The largest absolute Gasteiger partial charge is 0.481 e. The zero-order valence-corrected chi connectivity index (χ0v) is 14.1. The van der Waals surface area contributed by atoms with E-state index in [9.17, 15) is 5.11 Å². The molecule has 0 saturated carbocycles. The Morgan fingerprint density at radius 1 is 1.12 bits per heavy atom. The first kappa shape index (κ1) is 15.7. The average Bonchev–Trinajstić information content (AvgIpc) is 3.11. The third-order valence-corrected chi connectivity index (χ3v) is 4.34. The van der Waals surface area contributed by atoms with Gasteiger partial charge in [0.1, 0.15) is 17.1 Å². The van der Waals surface area contributed by atoms with E-state index in [1.165, 1.54) is 0 Å². The van der Waals surface area contributed by atoms with Crippen LogP contribution in [0.1, 0.15) is 12.7 Å². The van der Waals surface area contributed by atoms with Crippen LogP contribution in [0.4, 0.5) is 5.69 Å². The van der Waals surface area contributed by atoms with Gasteiger partial charge in [-0.1, -0.05) is 30.3 Å². The Morgan fingerprint density at radius 2 is 1.88 bits per heavy atom. The molecule has 1 aliphatic rings. The molecule has 0 radical (unpaired) electrons. The van der Waals surface area contributed by atoms with Crippen LogP contribution in [0, 0.1) is 0 Å². The predicted octanol–water partition coefficient (Wildman–Crippen LogP) is 3.49. The topological polar surface area (TPSA) is 58.7 Å². The number of anilines is 1. The monoisotopic (exact) mass is 336 g/mol. The van der Waals surface area contributed by atoms with Gasteiger partial charge in [0.15, 0.2) is 0 Å². The number of ether oxygens (including phenoxy) is 1. The SMILES string of the molecule is CC1(CO)CN(Cc2cnc(-c3ccccc3)o2)c2ccccc2O1. The molecular weight excluding hydrogens is 316 g/mol. The maximum absolute atomic E-state index is 9.73. The Bertz CT molecular complexity index is 862. The number of benzene rings is 2. The normalized spacial score (nSPS) is 19.4. The van der Waals surface area contributed by atoms with Gasteiger partial charge in [0, 0.05) is 5.56 Å². The van der Waals surface area contributed by atoms with Crippen LogP contribution in [-0.4, -0.2) is 28.8 Å². The summed E-state index contributed by atoms with van der Waals surface area (Å²) in [5.41, 5.74) is 1.30. The molecule has 4 rings (SSSR count). The lowest BCUT2D eigenvalue weighted by molar-refractivity contribution is 0.0232. The van der Waals surface area contributed by atoms with Crippen LogP contribution >= 0.6 is 0 Å². The van der Waals surface area contributed by atoms with Gasteiger partial charge in [0.05, 0.1) is 31.6 Å². The molecule has 3 aromatic rings. The number of aliphatic hydroxyl groups excluding tert-OH is 1. The van der Waals surface area contributed by atoms with E-state index in [4.69, 9.17) is 9.15 Å². The van der Waals surface area contributed by atoms with Crippen molar-refractivity contribution in [2.24, 2.45) is 0 Å². The zero-order valence-electron chi connectivity index (χ0n) is 14.1. The van der Waals surface area contributed by atoms with Crippen molar-refractivity contribution in [3.8, 4) is 17.2 Å². The van der Waals surface area contributed by atoms with Crippen molar-refractivity contribution in [1.29, 1.82) is 0 Å². The molecule has 2 aromatic carbocycles. The third-order valence-electron chi connectivity index (χ3n) is 4.34. The van der Waals surface area contributed by atoms with Gasteiger partial charge in [0.2, 0.25) is 5.89 Å². The first-order valence-corrected chi connectivity index (χ1v) is 8.31. The molecule has 5 nitrogen and oxygen atoms in total. The number of aromatic nitrogens is 1. The van der Waals surface area contributed by atoms with Crippen LogP contribution < -0.4 is 9.64 Å². The van der Waals surface area contributed by atoms with E-state index in [1.54, 1.807) is 6.20 Å². The van der Waals surface area contributed by atoms with Crippen molar-refractivity contribution < 1.29 is 14.3 Å². The molecule has 5 heteroatoms. The summed E-state index contributed by atoms with van der Waals surface area (Å²) in [7, 11) is 0. The molecule has 1 unspecified atom stereocenters. The lowest BCUT2D eigenvalue weighted by Gasteiger charge is -2.41. The van der Waals surface area contributed by atoms with E-state index < -0.39 is 5.60 Å². The van der Waals surface area contributed by atoms with Crippen molar-refractivity contribution in [1.82, 2.24) is 4.98 Å². The molecule has 0 amide bonds. The molecule has 0 bridgehead atoms. The van der Waals surface area contributed by atoms with E-state index in [0.717, 1.165) is 22.8 Å². The second-order valence-corrected chi connectivity index (χ2v) is 6.53. The van der Waals surface area contributed by atoms with Crippen molar-refractivity contribution >= 4 is 5.69 Å². The zero-order chi connectivity index (χ0) is 17.3. The minimum Gasteiger partial charge on any atom is -0.481 e. The fourth-order valence-corrected chi connectivity index (χ4v) is 3.10. The Hall–Kier alpha value is -2.79. The smallest absolute Gasteiger partial charge is 0.226 e. The van der Waals surface area contributed by atoms with Crippen molar-refractivity contribution in [3.05, 3.63) is 66.6 Å². The number of hydrogen-bond acceptors (Lipinski definition) is 5. The van der Waals surface area contributed by atoms with E-state index >= 15 is 0 Å². The highest BCUT2D eigenvalue weighted by molar-refractivity contribution is 5.61. The summed E-state index contributed by atoms with van der Waals surface area (Å²) >= 11 is 0. The molecule has 0 fully saturated rings. The number of aliphatic hydroxyl groups is 1. The summed E-state index contributed by atoms with van der Waals surface area (Å²) in [6, 6.07) is 17.7. The van der Waals surface area contributed by atoms with Crippen molar-refractivity contribution in [2.75, 3.05) is 18.1 Å². The van der Waals surface area contributed by atoms with Gasteiger partial charge in [0.25, 0.3) is 0 Å². The van der Waals surface area contributed by atoms with Gasteiger partial charge >= 0.3 is 0 Å². The second-order valence-electron chi connectivity index (χ2n) is 6.53. The molecule has 2 heterocycles.